The summed E-state index contributed by atoms with van der Waals surface area (Å²) in [6, 6.07) is 7.31. The highest BCUT2D eigenvalue weighted by atomic mass is 19.1. The van der Waals surface area contributed by atoms with E-state index in [1.807, 2.05) is 17.0 Å². The second-order valence-corrected chi connectivity index (χ2v) is 6.58. The Morgan fingerprint density at radius 2 is 1.92 bits per heavy atom. The molecule has 1 N–H and O–H groups in total. The molecule has 6 heteroatoms. The predicted octanol–water partition coefficient (Wildman–Crippen LogP) is 1.32. The number of para-hydroxylation sites is 1. The van der Waals surface area contributed by atoms with Crippen LogP contribution in [0.25, 0.3) is 0 Å². The van der Waals surface area contributed by atoms with Crippen LogP contribution in [0.15, 0.2) is 24.3 Å². The lowest BCUT2D eigenvalue weighted by molar-refractivity contribution is -0.134. The third-order valence-corrected chi connectivity index (χ3v) is 5.10. The van der Waals surface area contributed by atoms with Crippen molar-refractivity contribution in [1.29, 1.82) is 0 Å². The molecule has 5 nitrogen and oxygen atoms in total. The van der Waals surface area contributed by atoms with E-state index in [0.29, 0.717) is 11.7 Å². The number of amides is 1. The molecule has 1 unspecified atom stereocenters. The van der Waals surface area contributed by atoms with Gasteiger partial charge in [0.25, 0.3) is 0 Å². The molecule has 1 aromatic rings. The highest BCUT2D eigenvalue weighted by Crippen LogP contribution is 2.23. The maximum absolute atomic E-state index is 13.9. The molecule has 1 amide bonds. The summed E-state index contributed by atoms with van der Waals surface area (Å²) in [5.41, 5.74) is 0.681. The van der Waals surface area contributed by atoms with Gasteiger partial charge in [-0.05, 0) is 25.0 Å². The smallest absolute Gasteiger partial charge is 0.224 e. The number of aliphatic hydroxyl groups is 1. The molecule has 0 bridgehead atoms. The number of aliphatic hydroxyl groups excluding tert-OH is 1. The monoisotopic (exact) mass is 335 g/mol. The molecule has 1 aromatic carbocycles. The van der Waals surface area contributed by atoms with Crippen molar-refractivity contribution in [3.8, 4) is 0 Å². The van der Waals surface area contributed by atoms with Crippen LogP contribution in [0.1, 0.15) is 19.3 Å². The summed E-state index contributed by atoms with van der Waals surface area (Å²) in [4.78, 5) is 18.4. The minimum atomic E-state index is -0.163. The quantitative estimate of drug-likeness (QED) is 0.902. The Morgan fingerprint density at radius 3 is 2.62 bits per heavy atom. The van der Waals surface area contributed by atoms with Crippen molar-refractivity contribution < 1.29 is 14.3 Å². The van der Waals surface area contributed by atoms with E-state index in [1.54, 1.807) is 6.07 Å². The van der Waals surface area contributed by atoms with Gasteiger partial charge in [-0.25, -0.2) is 4.39 Å². The zero-order chi connectivity index (χ0) is 16.9. The summed E-state index contributed by atoms with van der Waals surface area (Å²) in [7, 11) is 0. The number of hydrogen-bond acceptors (Lipinski definition) is 4. The summed E-state index contributed by atoms with van der Waals surface area (Å²) in [5, 5.41) is 8.95. The van der Waals surface area contributed by atoms with Crippen molar-refractivity contribution in [3.63, 3.8) is 0 Å². The first-order chi connectivity index (χ1) is 11.7. The van der Waals surface area contributed by atoms with Crippen molar-refractivity contribution in [1.82, 2.24) is 9.80 Å². The molecule has 2 fully saturated rings. The van der Waals surface area contributed by atoms with Crippen molar-refractivity contribution in [2.45, 2.75) is 25.3 Å². The van der Waals surface area contributed by atoms with Crippen LogP contribution in [-0.2, 0) is 4.79 Å². The van der Waals surface area contributed by atoms with Crippen LogP contribution >= 0.6 is 0 Å². The molecule has 24 heavy (non-hydrogen) atoms. The van der Waals surface area contributed by atoms with Crippen LogP contribution in [0.4, 0.5) is 10.1 Å². The number of benzene rings is 1. The second kappa shape index (κ2) is 7.94. The Labute approximate surface area is 142 Å². The normalized spacial score (nSPS) is 22.7. The van der Waals surface area contributed by atoms with Crippen LogP contribution in [0.5, 0.6) is 0 Å². The average Bonchev–Trinajstić information content (AvgIpc) is 2.63. The number of carbonyl (C=O) groups excluding carboxylic acids is 1. The first-order valence-electron chi connectivity index (χ1n) is 8.81. The third-order valence-electron chi connectivity index (χ3n) is 5.10. The first-order valence-corrected chi connectivity index (χ1v) is 8.81. The molecule has 0 aliphatic carbocycles. The summed E-state index contributed by atoms with van der Waals surface area (Å²) in [6.45, 7) is 4.86. The Hall–Kier alpha value is -1.66. The number of carbonyl (C=O) groups is 1. The number of rotatable bonds is 4. The molecule has 2 saturated heterocycles. The molecule has 0 spiro atoms. The van der Waals surface area contributed by atoms with E-state index in [4.69, 9.17) is 5.11 Å². The van der Waals surface area contributed by atoms with Gasteiger partial charge in [-0.1, -0.05) is 12.1 Å². The van der Waals surface area contributed by atoms with Crippen LogP contribution in [-0.4, -0.2) is 72.7 Å². The lowest BCUT2D eigenvalue weighted by Crippen LogP contribution is -2.56. The lowest BCUT2D eigenvalue weighted by atomic mass is 10.0. The van der Waals surface area contributed by atoms with E-state index in [-0.39, 0.29) is 24.8 Å². The van der Waals surface area contributed by atoms with E-state index in [0.717, 1.165) is 52.1 Å². The molecule has 132 valence electrons. The fourth-order valence-corrected chi connectivity index (χ4v) is 3.77. The molecule has 1 atom stereocenters. The van der Waals surface area contributed by atoms with Gasteiger partial charge in [-0.15, -0.1) is 0 Å². The maximum atomic E-state index is 13.9. The molecular formula is C18H26FN3O2. The van der Waals surface area contributed by atoms with Crippen LogP contribution in [0.3, 0.4) is 0 Å². The van der Waals surface area contributed by atoms with E-state index < -0.39 is 0 Å². The number of halogens is 1. The standard InChI is InChI=1S/C18H26FN3O2/c19-16-5-1-2-6-17(16)21-11-9-20(10-12-21)15-4-3-8-22(14-15)18(24)7-13-23/h1-2,5-6,15,23H,3-4,7-14H2. The summed E-state index contributed by atoms with van der Waals surface area (Å²) < 4.78 is 13.9. The number of anilines is 1. The Bertz CT molecular complexity index is 561. The van der Waals surface area contributed by atoms with E-state index in [1.165, 1.54) is 6.07 Å². The van der Waals surface area contributed by atoms with Gasteiger partial charge in [-0.2, -0.15) is 0 Å². The summed E-state index contributed by atoms with van der Waals surface area (Å²) >= 11 is 0. The van der Waals surface area contributed by atoms with Crippen LogP contribution in [0, 0.1) is 5.82 Å². The van der Waals surface area contributed by atoms with Gasteiger partial charge >= 0.3 is 0 Å². The molecule has 0 aromatic heterocycles. The molecule has 3 rings (SSSR count). The molecule has 2 aliphatic rings. The highest BCUT2D eigenvalue weighted by Gasteiger charge is 2.30. The molecule has 0 saturated carbocycles. The summed E-state index contributed by atoms with van der Waals surface area (Å²) in [5.74, 6) is -0.114. The number of likely N-dealkylation sites (tertiary alicyclic amines) is 1. The van der Waals surface area contributed by atoms with E-state index >= 15 is 0 Å². The number of piperidine rings is 1. The minimum absolute atomic E-state index is 0.0483. The van der Waals surface area contributed by atoms with Gasteiger partial charge in [0.1, 0.15) is 5.82 Å². The minimum Gasteiger partial charge on any atom is -0.396 e. The van der Waals surface area contributed by atoms with Gasteiger partial charge in [0.15, 0.2) is 0 Å². The summed E-state index contributed by atoms with van der Waals surface area (Å²) in [6.07, 6.45) is 2.33. The second-order valence-electron chi connectivity index (χ2n) is 6.58. The first kappa shape index (κ1) is 17.2. The van der Waals surface area contributed by atoms with Crippen molar-refractivity contribution in [2.24, 2.45) is 0 Å². The number of hydrogen-bond donors (Lipinski definition) is 1. The van der Waals surface area contributed by atoms with Gasteiger partial charge in [0.2, 0.25) is 5.91 Å². The SMILES string of the molecule is O=C(CCO)N1CCCC(N2CCN(c3ccccc3F)CC2)C1. The number of nitrogens with zero attached hydrogens (tertiary/aromatic N) is 3. The van der Waals surface area contributed by atoms with Gasteiger partial charge < -0.3 is 14.9 Å². The number of piperazine rings is 1. The van der Waals surface area contributed by atoms with E-state index in [9.17, 15) is 9.18 Å². The maximum Gasteiger partial charge on any atom is 0.224 e. The third kappa shape index (κ3) is 3.87. The van der Waals surface area contributed by atoms with Crippen LogP contribution < -0.4 is 4.90 Å². The Kier molecular flexibility index (Phi) is 5.68. The molecule has 2 heterocycles. The topological polar surface area (TPSA) is 47.0 Å². The Morgan fingerprint density at radius 1 is 1.17 bits per heavy atom. The molecule has 2 aliphatic heterocycles. The van der Waals surface area contributed by atoms with E-state index in [2.05, 4.69) is 9.80 Å². The zero-order valence-corrected chi connectivity index (χ0v) is 14.0. The average molecular weight is 335 g/mol. The molecular weight excluding hydrogens is 309 g/mol. The van der Waals surface area contributed by atoms with Gasteiger partial charge in [0.05, 0.1) is 12.3 Å². The van der Waals surface area contributed by atoms with Crippen molar-refractivity contribution in [3.05, 3.63) is 30.1 Å². The van der Waals surface area contributed by atoms with Gasteiger partial charge in [0, 0.05) is 51.7 Å². The largest absolute Gasteiger partial charge is 0.396 e. The van der Waals surface area contributed by atoms with Crippen molar-refractivity contribution in [2.75, 3.05) is 50.8 Å². The zero-order valence-electron chi connectivity index (χ0n) is 14.0. The highest BCUT2D eigenvalue weighted by molar-refractivity contribution is 5.76. The van der Waals surface area contributed by atoms with Gasteiger partial charge in [-0.3, -0.25) is 9.69 Å². The Balaban J connectivity index is 1.54. The predicted molar refractivity (Wildman–Crippen MR) is 91.5 cm³/mol. The molecule has 0 radical (unpaired) electrons. The fourth-order valence-electron chi connectivity index (χ4n) is 3.77. The van der Waals surface area contributed by atoms with Crippen molar-refractivity contribution >= 4 is 11.6 Å². The lowest BCUT2D eigenvalue weighted by Gasteiger charge is -2.44. The van der Waals surface area contributed by atoms with Crippen LogP contribution in [0.2, 0.25) is 0 Å². The fraction of sp³-hybridized carbons (Fsp3) is 0.611.